The molecule has 1 aliphatic rings. The highest BCUT2D eigenvalue weighted by Crippen LogP contribution is 2.28. The topological polar surface area (TPSA) is 75.4 Å². The largest absolute Gasteiger partial charge is 0.391 e. The predicted octanol–water partition coefficient (Wildman–Crippen LogP) is 0.787. The molecule has 0 radical (unpaired) electrons. The molecule has 1 aromatic carbocycles. The SMILES string of the molecule is Cn1cc(C[C@H]2[C@@H](O)CCN2S(=O)(=O)c2ccccc2)cn1. The fourth-order valence-electron chi connectivity index (χ4n) is 2.89. The van der Waals surface area contributed by atoms with Gasteiger partial charge in [-0.3, -0.25) is 4.68 Å². The summed E-state index contributed by atoms with van der Waals surface area (Å²) in [5.74, 6) is 0. The van der Waals surface area contributed by atoms with Crippen molar-refractivity contribution in [2.75, 3.05) is 6.54 Å². The molecule has 0 spiro atoms. The number of aliphatic hydroxyl groups is 1. The predicted molar refractivity (Wildman–Crippen MR) is 81.7 cm³/mol. The number of aryl methyl sites for hydroxylation is 1. The Labute approximate surface area is 130 Å². The first-order valence-electron chi connectivity index (χ1n) is 7.21. The van der Waals surface area contributed by atoms with E-state index in [1.807, 2.05) is 13.2 Å². The van der Waals surface area contributed by atoms with Gasteiger partial charge in [-0.05, 0) is 30.5 Å². The lowest BCUT2D eigenvalue weighted by molar-refractivity contribution is 0.142. The summed E-state index contributed by atoms with van der Waals surface area (Å²) in [7, 11) is -1.78. The number of rotatable bonds is 4. The molecular weight excluding hydrogens is 302 g/mol. The number of aliphatic hydroxyl groups excluding tert-OH is 1. The second kappa shape index (κ2) is 5.83. The van der Waals surface area contributed by atoms with Crippen LogP contribution in [-0.2, 0) is 23.5 Å². The summed E-state index contributed by atoms with van der Waals surface area (Å²) in [5.41, 5.74) is 0.918. The summed E-state index contributed by atoms with van der Waals surface area (Å²) in [4.78, 5) is 0.264. The number of benzene rings is 1. The summed E-state index contributed by atoms with van der Waals surface area (Å²) in [6, 6.07) is 7.91. The lowest BCUT2D eigenvalue weighted by atomic mass is 10.1. The van der Waals surface area contributed by atoms with Crippen LogP contribution in [0.2, 0.25) is 0 Å². The van der Waals surface area contributed by atoms with Crippen LogP contribution in [-0.4, -0.2) is 46.3 Å². The van der Waals surface area contributed by atoms with Crippen molar-refractivity contribution in [1.82, 2.24) is 14.1 Å². The van der Waals surface area contributed by atoms with Crippen LogP contribution in [0.3, 0.4) is 0 Å². The molecule has 1 aliphatic heterocycles. The molecule has 1 fully saturated rings. The van der Waals surface area contributed by atoms with E-state index in [9.17, 15) is 13.5 Å². The first kappa shape index (κ1) is 15.2. The molecule has 0 saturated carbocycles. The second-order valence-corrected chi connectivity index (χ2v) is 7.47. The molecule has 1 saturated heterocycles. The van der Waals surface area contributed by atoms with Crippen molar-refractivity contribution in [3.05, 3.63) is 48.3 Å². The summed E-state index contributed by atoms with van der Waals surface area (Å²) in [6.45, 7) is 0.337. The van der Waals surface area contributed by atoms with Crippen LogP contribution < -0.4 is 0 Å². The fraction of sp³-hybridized carbons (Fsp3) is 0.400. The van der Waals surface area contributed by atoms with Gasteiger partial charge >= 0.3 is 0 Å². The van der Waals surface area contributed by atoms with E-state index in [-0.39, 0.29) is 4.90 Å². The van der Waals surface area contributed by atoms with Gasteiger partial charge in [0.2, 0.25) is 10.0 Å². The normalized spacial score (nSPS) is 23.0. The van der Waals surface area contributed by atoms with E-state index in [0.29, 0.717) is 19.4 Å². The van der Waals surface area contributed by atoms with Crippen molar-refractivity contribution >= 4 is 10.0 Å². The fourth-order valence-corrected chi connectivity index (χ4v) is 4.58. The highest BCUT2D eigenvalue weighted by molar-refractivity contribution is 7.89. The Bertz CT molecular complexity index is 742. The summed E-state index contributed by atoms with van der Waals surface area (Å²) >= 11 is 0. The molecule has 2 heterocycles. The van der Waals surface area contributed by atoms with E-state index in [1.54, 1.807) is 41.2 Å². The number of sulfonamides is 1. The van der Waals surface area contributed by atoms with Crippen molar-refractivity contribution in [1.29, 1.82) is 0 Å². The van der Waals surface area contributed by atoms with Crippen LogP contribution in [0.5, 0.6) is 0 Å². The van der Waals surface area contributed by atoms with Crippen LogP contribution in [0, 0.1) is 0 Å². The van der Waals surface area contributed by atoms with E-state index in [4.69, 9.17) is 0 Å². The Hall–Kier alpha value is -1.70. The Morgan fingerprint density at radius 2 is 2.05 bits per heavy atom. The Kier molecular flexibility index (Phi) is 4.03. The minimum atomic E-state index is -3.59. The van der Waals surface area contributed by atoms with E-state index >= 15 is 0 Å². The standard InChI is InChI=1S/C15H19N3O3S/c1-17-11-12(10-16-17)9-14-15(19)7-8-18(14)22(20,21)13-5-3-2-4-6-13/h2-6,10-11,14-15,19H,7-9H2,1H3/t14-,15-/m0/s1. The maximum atomic E-state index is 12.8. The van der Waals surface area contributed by atoms with E-state index in [0.717, 1.165) is 5.56 Å². The third kappa shape index (κ3) is 2.79. The van der Waals surface area contributed by atoms with Gasteiger partial charge in [-0.2, -0.15) is 9.40 Å². The molecular formula is C15H19N3O3S. The van der Waals surface area contributed by atoms with E-state index in [2.05, 4.69) is 5.10 Å². The molecule has 0 bridgehead atoms. The van der Waals surface area contributed by atoms with Gasteiger partial charge in [0.05, 0.1) is 23.2 Å². The van der Waals surface area contributed by atoms with Gasteiger partial charge in [0.25, 0.3) is 0 Å². The maximum absolute atomic E-state index is 12.8. The molecule has 22 heavy (non-hydrogen) atoms. The second-order valence-electron chi connectivity index (χ2n) is 5.58. The highest BCUT2D eigenvalue weighted by Gasteiger charge is 2.40. The minimum Gasteiger partial charge on any atom is -0.391 e. The zero-order valence-electron chi connectivity index (χ0n) is 12.3. The molecule has 6 nitrogen and oxygen atoms in total. The lowest BCUT2D eigenvalue weighted by Crippen LogP contribution is -2.41. The number of nitrogens with zero attached hydrogens (tertiary/aromatic N) is 3. The van der Waals surface area contributed by atoms with Crippen molar-refractivity contribution in [2.24, 2.45) is 7.05 Å². The molecule has 118 valence electrons. The van der Waals surface area contributed by atoms with Crippen molar-refractivity contribution in [2.45, 2.75) is 29.9 Å². The smallest absolute Gasteiger partial charge is 0.243 e. The van der Waals surface area contributed by atoms with E-state index < -0.39 is 22.2 Å². The third-order valence-corrected chi connectivity index (χ3v) is 5.95. The molecule has 2 aromatic rings. The first-order valence-corrected chi connectivity index (χ1v) is 8.65. The van der Waals surface area contributed by atoms with Gasteiger partial charge in [0.1, 0.15) is 0 Å². The quantitative estimate of drug-likeness (QED) is 0.903. The molecule has 0 amide bonds. The Morgan fingerprint density at radius 1 is 1.32 bits per heavy atom. The molecule has 0 aliphatic carbocycles. The average molecular weight is 321 g/mol. The summed E-state index contributed by atoms with van der Waals surface area (Å²) in [5, 5.41) is 14.3. The van der Waals surface area contributed by atoms with Gasteiger partial charge in [-0.25, -0.2) is 8.42 Å². The van der Waals surface area contributed by atoms with Gasteiger partial charge in [-0.1, -0.05) is 18.2 Å². The lowest BCUT2D eigenvalue weighted by Gasteiger charge is -2.25. The number of hydrogen-bond donors (Lipinski definition) is 1. The maximum Gasteiger partial charge on any atom is 0.243 e. The van der Waals surface area contributed by atoms with Gasteiger partial charge < -0.3 is 5.11 Å². The summed E-state index contributed by atoms with van der Waals surface area (Å²) < 4.78 is 28.6. The van der Waals surface area contributed by atoms with Gasteiger partial charge in [-0.15, -0.1) is 0 Å². The van der Waals surface area contributed by atoms with E-state index in [1.165, 1.54) is 4.31 Å². The van der Waals surface area contributed by atoms with Crippen LogP contribution in [0.15, 0.2) is 47.6 Å². The molecule has 2 atom stereocenters. The van der Waals surface area contributed by atoms with Crippen molar-refractivity contribution in [3.8, 4) is 0 Å². The van der Waals surface area contributed by atoms with Gasteiger partial charge in [0.15, 0.2) is 0 Å². The Morgan fingerprint density at radius 3 is 2.68 bits per heavy atom. The molecule has 3 rings (SSSR count). The number of hydrogen-bond acceptors (Lipinski definition) is 4. The highest BCUT2D eigenvalue weighted by atomic mass is 32.2. The van der Waals surface area contributed by atoms with Crippen molar-refractivity contribution < 1.29 is 13.5 Å². The zero-order valence-corrected chi connectivity index (χ0v) is 13.1. The molecule has 0 unspecified atom stereocenters. The molecule has 1 N–H and O–H groups in total. The summed E-state index contributed by atoms with van der Waals surface area (Å²) in [6.07, 6.45) is 3.81. The number of aromatic nitrogens is 2. The minimum absolute atomic E-state index is 0.264. The molecule has 1 aromatic heterocycles. The molecule has 7 heteroatoms. The monoisotopic (exact) mass is 321 g/mol. The Balaban J connectivity index is 1.88. The van der Waals surface area contributed by atoms with Crippen LogP contribution in [0.1, 0.15) is 12.0 Å². The van der Waals surface area contributed by atoms with Crippen LogP contribution in [0.25, 0.3) is 0 Å². The first-order chi connectivity index (χ1) is 10.5. The van der Waals surface area contributed by atoms with Crippen LogP contribution in [0.4, 0.5) is 0 Å². The van der Waals surface area contributed by atoms with Crippen LogP contribution >= 0.6 is 0 Å². The average Bonchev–Trinajstić information content (AvgIpc) is 3.08. The van der Waals surface area contributed by atoms with Gasteiger partial charge in [0, 0.05) is 19.8 Å². The zero-order chi connectivity index (χ0) is 15.7. The van der Waals surface area contributed by atoms with Crippen molar-refractivity contribution in [3.63, 3.8) is 0 Å². The third-order valence-electron chi connectivity index (χ3n) is 4.01.